The molecule has 2 atom stereocenters. The lowest BCUT2D eigenvalue weighted by atomic mass is 9.92. The average molecular weight is 275 g/mol. The van der Waals surface area contributed by atoms with Gasteiger partial charge in [0.2, 0.25) is 0 Å². The van der Waals surface area contributed by atoms with Crippen molar-refractivity contribution >= 4 is 5.91 Å². The smallest absolute Gasteiger partial charge is 0.260 e. The van der Waals surface area contributed by atoms with E-state index in [0.29, 0.717) is 0 Å². The van der Waals surface area contributed by atoms with Crippen molar-refractivity contribution in [3.05, 3.63) is 29.3 Å². The fourth-order valence-corrected chi connectivity index (χ4v) is 2.50. The Morgan fingerprint density at radius 1 is 1.25 bits per heavy atom. The summed E-state index contributed by atoms with van der Waals surface area (Å²) < 4.78 is 5.78. The van der Waals surface area contributed by atoms with Gasteiger partial charge in [0.1, 0.15) is 5.75 Å². The van der Waals surface area contributed by atoms with Crippen molar-refractivity contribution in [1.82, 2.24) is 5.32 Å². The van der Waals surface area contributed by atoms with Crippen molar-refractivity contribution < 1.29 is 9.53 Å². The highest BCUT2D eigenvalue weighted by Crippen LogP contribution is 2.25. The van der Waals surface area contributed by atoms with E-state index in [4.69, 9.17) is 4.74 Å². The highest BCUT2D eigenvalue weighted by Gasteiger charge is 2.17. The van der Waals surface area contributed by atoms with Gasteiger partial charge in [-0.15, -0.1) is 0 Å². The van der Waals surface area contributed by atoms with E-state index >= 15 is 0 Å². The van der Waals surface area contributed by atoms with E-state index < -0.39 is 6.10 Å². The van der Waals surface area contributed by atoms with Crippen LogP contribution in [0.2, 0.25) is 0 Å². The Bertz CT molecular complexity index is 470. The summed E-state index contributed by atoms with van der Waals surface area (Å²) in [5.74, 6) is 0.759. The molecular formula is C17H25NO2. The molecule has 3 nitrogen and oxygen atoms in total. The second-order valence-electron chi connectivity index (χ2n) is 5.72. The maximum atomic E-state index is 12.0. The number of ether oxygens (including phenoxy) is 1. The summed E-state index contributed by atoms with van der Waals surface area (Å²) >= 11 is 0. The molecule has 1 aliphatic rings. The molecule has 0 radical (unpaired) electrons. The molecule has 0 heterocycles. The standard InChI is InChI=1S/C17H25NO2/c1-4-12(2)18-17(19)13(3)20-16-10-9-14-7-5-6-8-15(14)11-16/h9-13H,4-8H2,1-3H3,(H,18,19)/t12-,13-/m0/s1. The lowest BCUT2D eigenvalue weighted by Crippen LogP contribution is -2.41. The Labute approximate surface area is 121 Å². The summed E-state index contributed by atoms with van der Waals surface area (Å²) in [6.45, 7) is 5.86. The first-order valence-electron chi connectivity index (χ1n) is 7.69. The largest absolute Gasteiger partial charge is 0.481 e. The fraction of sp³-hybridized carbons (Fsp3) is 0.588. The van der Waals surface area contributed by atoms with Gasteiger partial charge in [-0.3, -0.25) is 4.79 Å². The van der Waals surface area contributed by atoms with Crippen LogP contribution >= 0.6 is 0 Å². The van der Waals surface area contributed by atoms with Crippen molar-refractivity contribution in [2.75, 3.05) is 0 Å². The summed E-state index contributed by atoms with van der Waals surface area (Å²) in [5.41, 5.74) is 2.81. The molecule has 0 saturated heterocycles. The van der Waals surface area contributed by atoms with Crippen LogP contribution in [0.3, 0.4) is 0 Å². The van der Waals surface area contributed by atoms with Gasteiger partial charge >= 0.3 is 0 Å². The normalized spacial score (nSPS) is 16.9. The zero-order chi connectivity index (χ0) is 14.5. The SMILES string of the molecule is CC[C@H](C)NC(=O)[C@H](C)Oc1ccc2c(c1)CCCC2. The van der Waals surface area contributed by atoms with E-state index in [9.17, 15) is 4.79 Å². The molecule has 2 rings (SSSR count). The molecule has 1 aromatic rings. The van der Waals surface area contributed by atoms with Crippen LogP contribution in [0.25, 0.3) is 0 Å². The first kappa shape index (κ1) is 14.9. The van der Waals surface area contributed by atoms with Gasteiger partial charge in [-0.2, -0.15) is 0 Å². The molecule has 0 aliphatic heterocycles. The summed E-state index contributed by atoms with van der Waals surface area (Å²) in [7, 11) is 0. The first-order valence-corrected chi connectivity index (χ1v) is 7.69. The topological polar surface area (TPSA) is 38.3 Å². The monoisotopic (exact) mass is 275 g/mol. The highest BCUT2D eigenvalue weighted by atomic mass is 16.5. The van der Waals surface area contributed by atoms with Crippen LogP contribution in [0.15, 0.2) is 18.2 Å². The summed E-state index contributed by atoms with van der Waals surface area (Å²) in [4.78, 5) is 12.0. The molecule has 1 N–H and O–H groups in total. The Balaban J connectivity index is 1.97. The second-order valence-corrected chi connectivity index (χ2v) is 5.72. The van der Waals surface area contributed by atoms with Gasteiger partial charge in [0, 0.05) is 6.04 Å². The molecule has 0 bridgehead atoms. The van der Waals surface area contributed by atoms with Crippen molar-refractivity contribution in [3.8, 4) is 5.75 Å². The summed E-state index contributed by atoms with van der Waals surface area (Å²) in [6.07, 6.45) is 5.30. The molecule has 0 fully saturated rings. The van der Waals surface area contributed by atoms with Gasteiger partial charge in [-0.05, 0) is 69.2 Å². The lowest BCUT2D eigenvalue weighted by molar-refractivity contribution is -0.127. The van der Waals surface area contributed by atoms with E-state index in [0.717, 1.165) is 18.6 Å². The number of fused-ring (bicyclic) bond motifs is 1. The van der Waals surface area contributed by atoms with E-state index in [1.807, 2.05) is 13.0 Å². The number of hydrogen-bond donors (Lipinski definition) is 1. The van der Waals surface area contributed by atoms with Crippen LogP contribution in [0, 0.1) is 0 Å². The summed E-state index contributed by atoms with van der Waals surface area (Å²) in [5, 5.41) is 2.95. The Morgan fingerprint density at radius 2 is 1.95 bits per heavy atom. The van der Waals surface area contributed by atoms with Crippen LogP contribution in [-0.2, 0) is 17.6 Å². The Kier molecular flexibility index (Phi) is 5.05. The van der Waals surface area contributed by atoms with Crippen LogP contribution in [0.5, 0.6) is 5.75 Å². The molecule has 20 heavy (non-hydrogen) atoms. The van der Waals surface area contributed by atoms with Crippen LogP contribution in [-0.4, -0.2) is 18.1 Å². The third-order valence-electron chi connectivity index (χ3n) is 4.00. The third-order valence-corrected chi connectivity index (χ3v) is 4.00. The summed E-state index contributed by atoms with van der Waals surface area (Å²) in [6, 6.07) is 6.42. The molecule has 3 heteroatoms. The van der Waals surface area contributed by atoms with Crippen molar-refractivity contribution in [2.45, 2.75) is 65.0 Å². The van der Waals surface area contributed by atoms with Crippen molar-refractivity contribution in [1.29, 1.82) is 0 Å². The third kappa shape index (κ3) is 3.75. The minimum absolute atomic E-state index is 0.0444. The van der Waals surface area contributed by atoms with Gasteiger partial charge in [-0.25, -0.2) is 0 Å². The van der Waals surface area contributed by atoms with Crippen molar-refractivity contribution in [2.24, 2.45) is 0 Å². The van der Waals surface area contributed by atoms with E-state index in [2.05, 4.69) is 24.4 Å². The lowest BCUT2D eigenvalue weighted by Gasteiger charge is -2.20. The zero-order valence-corrected chi connectivity index (χ0v) is 12.7. The number of carbonyl (C=O) groups excluding carboxylic acids is 1. The quantitative estimate of drug-likeness (QED) is 0.896. The maximum absolute atomic E-state index is 12.0. The highest BCUT2D eigenvalue weighted by molar-refractivity contribution is 5.80. The molecule has 110 valence electrons. The number of nitrogens with one attached hydrogen (secondary N) is 1. The van der Waals surface area contributed by atoms with Gasteiger partial charge in [0.05, 0.1) is 0 Å². The number of hydrogen-bond acceptors (Lipinski definition) is 2. The number of amides is 1. The number of aryl methyl sites for hydroxylation is 2. The minimum atomic E-state index is -0.453. The molecule has 0 aromatic heterocycles. The second kappa shape index (κ2) is 6.78. The van der Waals surface area contributed by atoms with Gasteiger partial charge in [0.15, 0.2) is 6.10 Å². The molecule has 1 aromatic carbocycles. The van der Waals surface area contributed by atoms with Crippen LogP contribution < -0.4 is 10.1 Å². The van der Waals surface area contributed by atoms with Gasteiger partial charge < -0.3 is 10.1 Å². The predicted molar refractivity (Wildman–Crippen MR) is 81.1 cm³/mol. The van der Waals surface area contributed by atoms with E-state index in [1.54, 1.807) is 6.92 Å². The number of benzene rings is 1. The van der Waals surface area contributed by atoms with Crippen LogP contribution in [0.1, 0.15) is 51.2 Å². The van der Waals surface area contributed by atoms with E-state index in [-0.39, 0.29) is 11.9 Å². The molecule has 0 unspecified atom stereocenters. The Morgan fingerprint density at radius 3 is 2.65 bits per heavy atom. The van der Waals surface area contributed by atoms with E-state index in [1.165, 1.54) is 30.4 Å². The molecule has 1 aliphatic carbocycles. The van der Waals surface area contributed by atoms with Crippen LogP contribution in [0.4, 0.5) is 0 Å². The molecular weight excluding hydrogens is 250 g/mol. The number of carbonyl (C=O) groups is 1. The van der Waals surface area contributed by atoms with Crippen molar-refractivity contribution in [3.63, 3.8) is 0 Å². The molecule has 0 saturated carbocycles. The maximum Gasteiger partial charge on any atom is 0.260 e. The number of rotatable bonds is 5. The average Bonchev–Trinajstić information content (AvgIpc) is 2.46. The van der Waals surface area contributed by atoms with Gasteiger partial charge in [0.25, 0.3) is 5.91 Å². The molecule has 0 spiro atoms. The Hall–Kier alpha value is -1.51. The van der Waals surface area contributed by atoms with Gasteiger partial charge in [-0.1, -0.05) is 13.0 Å². The molecule has 1 amide bonds. The first-order chi connectivity index (χ1) is 9.60. The minimum Gasteiger partial charge on any atom is -0.481 e. The predicted octanol–water partition coefficient (Wildman–Crippen LogP) is 3.25. The zero-order valence-electron chi connectivity index (χ0n) is 12.7. The fourth-order valence-electron chi connectivity index (χ4n) is 2.50.